The van der Waals surface area contributed by atoms with Crippen molar-refractivity contribution < 1.29 is 29.3 Å². The molecule has 2 amide bonds. The van der Waals surface area contributed by atoms with Crippen molar-refractivity contribution in [3.63, 3.8) is 0 Å². The molecule has 2 aromatic heterocycles. The third kappa shape index (κ3) is 5.99. The average Bonchev–Trinajstić information content (AvgIpc) is 3.68. The van der Waals surface area contributed by atoms with Gasteiger partial charge in [0.25, 0.3) is 5.91 Å². The maximum absolute atomic E-state index is 12.4. The number of imidazole rings is 1. The van der Waals surface area contributed by atoms with Crippen molar-refractivity contribution in [2.24, 2.45) is 11.8 Å². The van der Waals surface area contributed by atoms with Gasteiger partial charge in [0.1, 0.15) is 17.7 Å². The van der Waals surface area contributed by atoms with Crippen molar-refractivity contribution in [3.8, 4) is 11.8 Å². The first-order valence-corrected chi connectivity index (χ1v) is 14.1. The molecule has 3 fully saturated rings. The average molecular weight is 556 g/mol. The van der Waals surface area contributed by atoms with Crippen molar-refractivity contribution in [1.82, 2.24) is 29.7 Å². The molecule has 2 saturated heterocycles. The SMILES string of the molecule is CCNC(=O)[C@H]1O[C@@H](n2cnc3c(N)nc(C#CCC4CCN(C(=O)OCC5CCCC5)CC4)nc32)[C@@H](O)C1O. The maximum atomic E-state index is 12.4. The molecule has 2 aliphatic heterocycles. The minimum atomic E-state index is -1.42. The number of rotatable bonds is 6. The summed E-state index contributed by atoms with van der Waals surface area (Å²) < 4.78 is 12.7. The second-order valence-electron chi connectivity index (χ2n) is 10.7. The van der Waals surface area contributed by atoms with Crippen LogP contribution in [0.25, 0.3) is 11.2 Å². The predicted molar refractivity (Wildman–Crippen MR) is 143 cm³/mol. The Morgan fingerprint density at radius 3 is 2.62 bits per heavy atom. The maximum Gasteiger partial charge on any atom is 0.409 e. The molecule has 0 radical (unpaired) electrons. The molecule has 2 aromatic rings. The molecule has 40 heavy (non-hydrogen) atoms. The molecular formula is C27H37N7O6. The van der Waals surface area contributed by atoms with Gasteiger partial charge in [0, 0.05) is 26.1 Å². The van der Waals surface area contributed by atoms with Crippen molar-refractivity contribution >= 4 is 29.0 Å². The Labute approximate surface area is 232 Å². The van der Waals surface area contributed by atoms with Crippen LogP contribution in [0.2, 0.25) is 0 Å². The van der Waals surface area contributed by atoms with Crippen molar-refractivity contribution in [2.75, 3.05) is 32.0 Å². The van der Waals surface area contributed by atoms with Gasteiger partial charge >= 0.3 is 6.09 Å². The van der Waals surface area contributed by atoms with Crippen molar-refractivity contribution in [3.05, 3.63) is 12.2 Å². The van der Waals surface area contributed by atoms with Crippen LogP contribution in [0.3, 0.4) is 0 Å². The van der Waals surface area contributed by atoms with Gasteiger partial charge in [-0.15, -0.1) is 0 Å². The lowest BCUT2D eigenvalue weighted by Gasteiger charge is -2.30. The van der Waals surface area contributed by atoms with E-state index < -0.39 is 30.4 Å². The van der Waals surface area contributed by atoms with Gasteiger partial charge in [0.15, 0.2) is 23.8 Å². The normalized spacial score (nSPS) is 25.6. The number of anilines is 1. The first-order valence-electron chi connectivity index (χ1n) is 14.1. The number of hydrogen-bond donors (Lipinski definition) is 4. The Morgan fingerprint density at radius 1 is 1.15 bits per heavy atom. The van der Waals surface area contributed by atoms with E-state index in [0.29, 0.717) is 50.0 Å². The van der Waals surface area contributed by atoms with Gasteiger partial charge in [-0.05, 0) is 50.4 Å². The number of nitrogens with one attached hydrogen (secondary N) is 1. The number of carbonyl (C=O) groups excluding carboxylic acids is 2. The molecule has 5 rings (SSSR count). The zero-order valence-electron chi connectivity index (χ0n) is 22.7. The van der Waals surface area contributed by atoms with E-state index in [-0.39, 0.29) is 23.4 Å². The summed E-state index contributed by atoms with van der Waals surface area (Å²) in [5, 5.41) is 23.6. The zero-order chi connectivity index (χ0) is 28.2. The zero-order valence-corrected chi connectivity index (χ0v) is 22.7. The minimum Gasteiger partial charge on any atom is -0.449 e. The van der Waals surface area contributed by atoms with Crippen molar-refractivity contribution in [1.29, 1.82) is 0 Å². The number of piperidine rings is 1. The van der Waals surface area contributed by atoms with Gasteiger partial charge in [-0.25, -0.2) is 19.7 Å². The van der Waals surface area contributed by atoms with E-state index in [4.69, 9.17) is 15.2 Å². The van der Waals surface area contributed by atoms with Gasteiger partial charge in [0.2, 0.25) is 5.82 Å². The van der Waals surface area contributed by atoms with Crippen LogP contribution in [-0.2, 0) is 14.3 Å². The number of aliphatic hydroxyl groups excluding tert-OH is 2. The molecule has 5 N–H and O–H groups in total. The summed E-state index contributed by atoms with van der Waals surface area (Å²) >= 11 is 0. The minimum absolute atomic E-state index is 0.116. The van der Waals surface area contributed by atoms with Gasteiger partial charge in [0.05, 0.1) is 12.9 Å². The van der Waals surface area contributed by atoms with Gasteiger partial charge < -0.3 is 35.6 Å². The number of nitrogens with two attached hydrogens (primary N) is 1. The molecule has 3 aliphatic rings. The fourth-order valence-corrected chi connectivity index (χ4v) is 5.61. The fourth-order valence-electron chi connectivity index (χ4n) is 5.61. The summed E-state index contributed by atoms with van der Waals surface area (Å²) in [6.07, 6.45) is 3.07. The Bertz CT molecular complexity index is 1280. The standard InChI is InChI=1S/C27H37N7O6/c1-2-29-25(37)22-20(35)21(36)26(40-22)34-15-30-19-23(28)31-18(32-24(19)34)9-5-8-16-10-12-33(13-11-16)27(38)39-14-17-6-3-4-7-17/h15-17,20-22,26,35-36H,2-4,6-8,10-14H2,1H3,(H,29,37)(H2,28,31,32)/t20?,21-,22-,26+/m0/s1. The Balaban J connectivity index is 1.19. The number of likely N-dealkylation sites (N-methyl/N-ethyl adjacent to an activating group) is 1. The highest BCUT2D eigenvalue weighted by Crippen LogP contribution is 2.32. The third-order valence-electron chi connectivity index (χ3n) is 7.95. The number of nitrogens with zero attached hydrogens (tertiary/aromatic N) is 5. The van der Waals surface area contributed by atoms with Gasteiger partial charge in [-0.1, -0.05) is 18.8 Å². The molecule has 216 valence electrons. The number of ether oxygens (including phenoxy) is 2. The number of amides is 2. The molecule has 13 nitrogen and oxygen atoms in total. The second kappa shape index (κ2) is 12.4. The van der Waals surface area contributed by atoms with Crippen LogP contribution in [0, 0.1) is 23.7 Å². The van der Waals surface area contributed by atoms with E-state index in [1.54, 1.807) is 11.8 Å². The summed E-state index contributed by atoms with van der Waals surface area (Å²) in [7, 11) is 0. The molecule has 0 aromatic carbocycles. The van der Waals surface area contributed by atoms with Crippen LogP contribution < -0.4 is 11.1 Å². The predicted octanol–water partition coefficient (Wildman–Crippen LogP) is 0.944. The van der Waals surface area contributed by atoms with Crippen LogP contribution >= 0.6 is 0 Å². The van der Waals surface area contributed by atoms with Crippen LogP contribution in [0.15, 0.2) is 6.33 Å². The van der Waals surface area contributed by atoms with E-state index in [1.807, 2.05) is 0 Å². The lowest BCUT2D eigenvalue weighted by Crippen LogP contribution is -2.42. The van der Waals surface area contributed by atoms with E-state index in [2.05, 4.69) is 32.1 Å². The first-order chi connectivity index (χ1) is 19.4. The van der Waals surface area contributed by atoms with Crippen molar-refractivity contribution in [2.45, 2.75) is 76.4 Å². The number of fused-ring (bicyclic) bond motifs is 1. The van der Waals surface area contributed by atoms with Gasteiger partial charge in [-0.3, -0.25) is 9.36 Å². The number of aliphatic hydroxyl groups is 2. The number of hydrogen-bond acceptors (Lipinski definition) is 10. The molecule has 13 heteroatoms. The Kier molecular flexibility index (Phi) is 8.68. The summed E-state index contributed by atoms with van der Waals surface area (Å²) in [6, 6.07) is 0. The fraction of sp³-hybridized carbons (Fsp3) is 0.667. The molecular weight excluding hydrogens is 518 g/mol. The molecule has 1 unspecified atom stereocenters. The number of aromatic nitrogens is 4. The summed E-state index contributed by atoms with van der Waals surface area (Å²) in [5.74, 6) is 6.74. The lowest BCUT2D eigenvalue weighted by molar-refractivity contribution is -0.137. The largest absolute Gasteiger partial charge is 0.449 e. The van der Waals surface area contributed by atoms with Crippen LogP contribution in [0.5, 0.6) is 0 Å². The molecule has 0 bridgehead atoms. The highest BCUT2D eigenvalue weighted by Gasteiger charge is 2.47. The number of nitrogen functional groups attached to an aromatic ring is 1. The van der Waals surface area contributed by atoms with E-state index >= 15 is 0 Å². The topological polar surface area (TPSA) is 178 Å². The second-order valence-corrected chi connectivity index (χ2v) is 10.7. The molecule has 4 atom stereocenters. The van der Waals surface area contributed by atoms with E-state index in [1.165, 1.54) is 23.7 Å². The molecule has 1 aliphatic carbocycles. The third-order valence-corrected chi connectivity index (χ3v) is 7.95. The van der Waals surface area contributed by atoms with Gasteiger partial charge in [-0.2, -0.15) is 0 Å². The molecule has 0 spiro atoms. The first kappa shape index (κ1) is 28.1. The smallest absolute Gasteiger partial charge is 0.409 e. The molecule has 1 saturated carbocycles. The van der Waals surface area contributed by atoms with Crippen LogP contribution in [0.1, 0.15) is 63.9 Å². The summed E-state index contributed by atoms with van der Waals surface area (Å²) in [4.78, 5) is 39.4. The lowest BCUT2D eigenvalue weighted by atomic mass is 9.94. The monoisotopic (exact) mass is 555 g/mol. The summed E-state index contributed by atoms with van der Waals surface area (Å²) in [6.45, 7) is 3.93. The van der Waals surface area contributed by atoms with Crippen LogP contribution in [0.4, 0.5) is 10.6 Å². The molecule has 4 heterocycles. The number of likely N-dealkylation sites (tertiary alicyclic amines) is 1. The van der Waals surface area contributed by atoms with E-state index in [9.17, 15) is 19.8 Å². The summed E-state index contributed by atoms with van der Waals surface area (Å²) in [5.41, 5.74) is 6.68. The van der Waals surface area contributed by atoms with E-state index in [0.717, 1.165) is 25.7 Å². The Morgan fingerprint density at radius 2 is 1.90 bits per heavy atom. The highest BCUT2D eigenvalue weighted by molar-refractivity contribution is 5.83. The quantitative estimate of drug-likeness (QED) is 0.375. The Hall–Kier alpha value is -3.47. The highest BCUT2D eigenvalue weighted by atomic mass is 16.6. The number of carbonyl (C=O) groups is 2. The van der Waals surface area contributed by atoms with Crippen LogP contribution in [-0.4, -0.2) is 91.2 Å².